The third kappa shape index (κ3) is 2.82. The quantitative estimate of drug-likeness (QED) is 0.941. The van der Waals surface area contributed by atoms with Gasteiger partial charge >= 0.3 is 0 Å². The van der Waals surface area contributed by atoms with Gasteiger partial charge in [0.1, 0.15) is 0 Å². The van der Waals surface area contributed by atoms with Crippen molar-refractivity contribution in [2.24, 2.45) is 5.73 Å². The summed E-state index contributed by atoms with van der Waals surface area (Å²) >= 11 is 12.3. The van der Waals surface area contributed by atoms with E-state index in [9.17, 15) is 0 Å². The maximum atomic E-state index is 6.15. The molecule has 0 bridgehead atoms. The van der Waals surface area contributed by atoms with Crippen molar-refractivity contribution < 1.29 is 4.52 Å². The van der Waals surface area contributed by atoms with Gasteiger partial charge in [0.25, 0.3) is 0 Å². The molecule has 3 rings (SSSR count). The molecule has 106 valence electrons. The van der Waals surface area contributed by atoms with Crippen LogP contribution in [-0.2, 0) is 6.42 Å². The van der Waals surface area contributed by atoms with Crippen LogP contribution >= 0.6 is 23.2 Å². The number of hydrogen-bond acceptors (Lipinski definition) is 4. The average molecular weight is 312 g/mol. The van der Waals surface area contributed by atoms with Gasteiger partial charge in [-0.25, -0.2) is 0 Å². The van der Waals surface area contributed by atoms with Crippen molar-refractivity contribution in [1.82, 2.24) is 10.1 Å². The highest BCUT2D eigenvalue weighted by molar-refractivity contribution is 6.36. The molecule has 0 spiro atoms. The Balaban J connectivity index is 1.77. The number of halogens is 2. The minimum absolute atomic E-state index is 0.244. The van der Waals surface area contributed by atoms with E-state index in [0.717, 1.165) is 24.8 Å². The molecule has 1 aliphatic rings. The van der Waals surface area contributed by atoms with Crippen molar-refractivity contribution in [3.63, 3.8) is 0 Å². The van der Waals surface area contributed by atoms with Crippen LogP contribution < -0.4 is 5.73 Å². The molecule has 1 saturated carbocycles. The topological polar surface area (TPSA) is 64.9 Å². The summed E-state index contributed by atoms with van der Waals surface area (Å²) in [7, 11) is 0. The summed E-state index contributed by atoms with van der Waals surface area (Å²) in [6, 6.07) is 5.67. The van der Waals surface area contributed by atoms with Crippen LogP contribution in [0.1, 0.15) is 42.5 Å². The number of rotatable bonds is 3. The molecule has 2 unspecified atom stereocenters. The molecule has 1 aromatic heterocycles. The molecular formula is C14H15Cl2N3O. The second kappa shape index (κ2) is 5.72. The van der Waals surface area contributed by atoms with Gasteiger partial charge in [0.15, 0.2) is 5.82 Å². The summed E-state index contributed by atoms with van der Waals surface area (Å²) in [5.74, 6) is 1.57. The van der Waals surface area contributed by atoms with Gasteiger partial charge in [-0.2, -0.15) is 4.98 Å². The second-order valence-corrected chi connectivity index (χ2v) is 6.01. The van der Waals surface area contributed by atoms with E-state index >= 15 is 0 Å². The SMILES string of the molecule is NC1CCC(c2nc(Cc3c(Cl)cccc3Cl)no2)C1. The first-order valence-electron chi connectivity index (χ1n) is 6.64. The van der Waals surface area contributed by atoms with Gasteiger partial charge in [-0.05, 0) is 37.0 Å². The van der Waals surface area contributed by atoms with Crippen molar-refractivity contribution in [2.75, 3.05) is 0 Å². The lowest BCUT2D eigenvalue weighted by Crippen LogP contribution is -2.14. The van der Waals surface area contributed by atoms with Gasteiger partial charge in [0, 0.05) is 28.4 Å². The molecular weight excluding hydrogens is 297 g/mol. The zero-order valence-electron chi connectivity index (χ0n) is 10.9. The Kier molecular flexibility index (Phi) is 3.96. The minimum Gasteiger partial charge on any atom is -0.339 e. The molecule has 0 aliphatic heterocycles. The van der Waals surface area contributed by atoms with Crippen LogP contribution in [0.3, 0.4) is 0 Å². The van der Waals surface area contributed by atoms with Crippen molar-refractivity contribution in [1.29, 1.82) is 0 Å². The Morgan fingerprint density at radius 3 is 2.65 bits per heavy atom. The summed E-state index contributed by atoms with van der Waals surface area (Å²) in [5, 5.41) is 5.25. The maximum Gasteiger partial charge on any atom is 0.229 e. The third-order valence-electron chi connectivity index (χ3n) is 3.70. The molecule has 2 N–H and O–H groups in total. The van der Waals surface area contributed by atoms with E-state index in [-0.39, 0.29) is 12.0 Å². The van der Waals surface area contributed by atoms with E-state index < -0.39 is 0 Å². The number of hydrogen-bond donors (Lipinski definition) is 1. The van der Waals surface area contributed by atoms with Crippen LogP contribution in [0.15, 0.2) is 22.7 Å². The van der Waals surface area contributed by atoms with Gasteiger partial charge in [0.2, 0.25) is 5.89 Å². The summed E-state index contributed by atoms with van der Waals surface area (Å²) in [4.78, 5) is 4.45. The van der Waals surface area contributed by atoms with Crippen LogP contribution in [-0.4, -0.2) is 16.2 Å². The highest BCUT2D eigenvalue weighted by Gasteiger charge is 2.27. The van der Waals surface area contributed by atoms with Crippen molar-refractivity contribution >= 4 is 23.2 Å². The van der Waals surface area contributed by atoms with Crippen molar-refractivity contribution in [3.8, 4) is 0 Å². The maximum absolute atomic E-state index is 6.15. The number of nitrogens with two attached hydrogens (primary N) is 1. The fraction of sp³-hybridized carbons (Fsp3) is 0.429. The highest BCUT2D eigenvalue weighted by Crippen LogP contribution is 2.33. The van der Waals surface area contributed by atoms with Crippen LogP contribution in [0.2, 0.25) is 10.0 Å². The summed E-state index contributed by atoms with van der Waals surface area (Å²) < 4.78 is 5.35. The van der Waals surface area contributed by atoms with Crippen molar-refractivity contribution in [3.05, 3.63) is 45.5 Å². The lowest BCUT2D eigenvalue weighted by atomic mass is 10.1. The fourth-order valence-corrected chi connectivity index (χ4v) is 3.14. The molecule has 2 atom stereocenters. The molecule has 0 radical (unpaired) electrons. The summed E-state index contributed by atoms with van der Waals surface area (Å²) in [6.45, 7) is 0. The normalized spacial score (nSPS) is 22.4. The molecule has 1 fully saturated rings. The Labute approximate surface area is 127 Å². The second-order valence-electron chi connectivity index (χ2n) is 5.20. The van der Waals surface area contributed by atoms with E-state index in [4.69, 9.17) is 33.5 Å². The molecule has 1 aliphatic carbocycles. The molecule has 1 aromatic carbocycles. The Morgan fingerprint density at radius 1 is 1.25 bits per heavy atom. The number of nitrogens with zero attached hydrogens (tertiary/aromatic N) is 2. The predicted octanol–water partition coefficient (Wildman–Crippen LogP) is 3.56. The van der Waals surface area contributed by atoms with Gasteiger partial charge < -0.3 is 10.3 Å². The standard InChI is InChI=1S/C14H15Cl2N3O/c15-11-2-1-3-12(16)10(11)7-13-18-14(20-19-13)8-4-5-9(17)6-8/h1-3,8-9H,4-7,17H2. The molecule has 0 amide bonds. The van der Waals surface area contributed by atoms with Crippen LogP contribution in [0.25, 0.3) is 0 Å². The number of benzene rings is 1. The van der Waals surface area contributed by atoms with E-state index in [0.29, 0.717) is 28.2 Å². The molecule has 6 heteroatoms. The molecule has 4 nitrogen and oxygen atoms in total. The fourth-order valence-electron chi connectivity index (χ4n) is 2.61. The lowest BCUT2D eigenvalue weighted by Gasteiger charge is -2.03. The van der Waals surface area contributed by atoms with Crippen LogP contribution in [0, 0.1) is 0 Å². The largest absolute Gasteiger partial charge is 0.339 e. The monoisotopic (exact) mass is 311 g/mol. The van der Waals surface area contributed by atoms with Crippen LogP contribution in [0.4, 0.5) is 0 Å². The number of aromatic nitrogens is 2. The van der Waals surface area contributed by atoms with Gasteiger partial charge in [0.05, 0.1) is 0 Å². The molecule has 1 heterocycles. The zero-order chi connectivity index (χ0) is 14.1. The highest BCUT2D eigenvalue weighted by atomic mass is 35.5. The third-order valence-corrected chi connectivity index (χ3v) is 4.41. The summed E-state index contributed by atoms with van der Waals surface area (Å²) in [5.41, 5.74) is 6.73. The smallest absolute Gasteiger partial charge is 0.229 e. The molecule has 2 aromatic rings. The Bertz CT molecular complexity index is 594. The first-order valence-corrected chi connectivity index (χ1v) is 7.40. The van der Waals surface area contributed by atoms with Gasteiger partial charge in [-0.3, -0.25) is 0 Å². The average Bonchev–Trinajstić information content (AvgIpc) is 3.03. The predicted molar refractivity (Wildman–Crippen MR) is 78.1 cm³/mol. The lowest BCUT2D eigenvalue weighted by molar-refractivity contribution is 0.350. The Morgan fingerprint density at radius 2 is 2.00 bits per heavy atom. The van der Waals surface area contributed by atoms with Gasteiger partial charge in [-0.1, -0.05) is 34.4 Å². The molecule has 0 saturated heterocycles. The zero-order valence-corrected chi connectivity index (χ0v) is 12.4. The van der Waals surface area contributed by atoms with E-state index in [1.54, 1.807) is 12.1 Å². The first-order chi connectivity index (χ1) is 9.63. The molecule has 20 heavy (non-hydrogen) atoms. The van der Waals surface area contributed by atoms with E-state index in [2.05, 4.69) is 10.1 Å². The minimum atomic E-state index is 0.244. The van der Waals surface area contributed by atoms with Crippen molar-refractivity contribution in [2.45, 2.75) is 37.6 Å². The summed E-state index contributed by atoms with van der Waals surface area (Å²) in [6.07, 6.45) is 3.41. The van der Waals surface area contributed by atoms with Gasteiger partial charge in [-0.15, -0.1) is 0 Å². The first kappa shape index (κ1) is 13.9. The Hall–Kier alpha value is -1.10. The van der Waals surface area contributed by atoms with E-state index in [1.807, 2.05) is 6.07 Å². The van der Waals surface area contributed by atoms with E-state index in [1.165, 1.54) is 0 Å². The van der Waals surface area contributed by atoms with Crippen LogP contribution in [0.5, 0.6) is 0 Å².